The predicted molar refractivity (Wildman–Crippen MR) is 89.8 cm³/mol. The Hall–Kier alpha value is -2.31. The lowest BCUT2D eigenvalue weighted by atomic mass is 9.87. The van der Waals surface area contributed by atoms with Crippen LogP contribution in [-0.4, -0.2) is 45.1 Å². The zero-order valence-corrected chi connectivity index (χ0v) is 14.2. The first-order chi connectivity index (χ1) is 11.6. The number of hydrogen-bond donors (Lipinski definition) is 0. The minimum Gasteiger partial charge on any atom is -0.352 e. The third-order valence-corrected chi connectivity index (χ3v) is 5.22. The van der Waals surface area contributed by atoms with E-state index >= 15 is 0 Å². The van der Waals surface area contributed by atoms with Crippen LogP contribution in [0.1, 0.15) is 30.3 Å². The maximum Gasteiger partial charge on any atom is 0.187 e. The second kappa shape index (κ2) is 5.65. The molecule has 5 rings (SSSR count). The van der Waals surface area contributed by atoms with E-state index in [1.165, 1.54) is 6.33 Å². The largest absolute Gasteiger partial charge is 0.352 e. The molecule has 3 aliphatic heterocycles. The number of anilines is 2. The van der Waals surface area contributed by atoms with Crippen LogP contribution in [0.5, 0.6) is 0 Å². The maximum atomic E-state index is 14.6. The van der Waals surface area contributed by atoms with Crippen LogP contribution in [0, 0.1) is 19.7 Å². The van der Waals surface area contributed by atoms with Crippen molar-refractivity contribution in [3.8, 4) is 0 Å². The Morgan fingerprint density at radius 3 is 2.42 bits per heavy atom. The minimum absolute atomic E-state index is 0.266. The van der Waals surface area contributed by atoms with Gasteiger partial charge in [-0.05, 0) is 26.7 Å². The Bertz CT molecular complexity index is 768. The van der Waals surface area contributed by atoms with Crippen molar-refractivity contribution in [3.05, 3.63) is 35.4 Å². The SMILES string of the molecule is CCc1ncnc(N2C3CC2CN(c2ncnc(C)c2C)C3)c1F. The van der Waals surface area contributed by atoms with Gasteiger partial charge in [0.2, 0.25) is 0 Å². The molecule has 0 amide bonds. The molecule has 3 aliphatic rings. The lowest BCUT2D eigenvalue weighted by Gasteiger charge is -2.57. The van der Waals surface area contributed by atoms with E-state index in [4.69, 9.17) is 0 Å². The van der Waals surface area contributed by atoms with Crippen LogP contribution in [0.2, 0.25) is 0 Å². The average Bonchev–Trinajstić information content (AvgIpc) is 2.59. The number of fused-ring (bicyclic) bond motifs is 2. The van der Waals surface area contributed by atoms with Crippen molar-refractivity contribution in [1.82, 2.24) is 19.9 Å². The molecule has 3 fully saturated rings. The van der Waals surface area contributed by atoms with Crippen LogP contribution in [0.4, 0.5) is 16.0 Å². The number of aryl methyl sites for hydroxylation is 2. The van der Waals surface area contributed by atoms with Crippen molar-refractivity contribution in [2.24, 2.45) is 0 Å². The molecular weight excluding hydrogens is 307 g/mol. The fraction of sp³-hybridized carbons (Fsp3) is 0.529. The number of halogens is 1. The second-order valence-corrected chi connectivity index (χ2v) is 6.57. The summed E-state index contributed by atoms with van der Waals surface area (Å²) in [7, 11) is 0. The molecule has 7 heteroatoms. The summed E-state index contributed by atoms with van der Waals surface area (Å²) in [6, 6.07) is 0.542. The van der Waals surface area contributed by atoms with E-state index in [0.717, 1.165) is 36.6 Å². The van der Waals surface area contributed by atoms with E-state index in [1.807, 2.05) is 13.8 Å². The molecule has 2 bridgehead atoms. The smallest absolute Gasteiger partial charge is 0.187 e. The fourth-order valence-electron chi connectivity index (χ4n) is 3.80. The van der Waals surface area contributed by atoms with Crippen molar-refractivity contribution < 1.29 is 4.39 Å². The Morgan fingerprint density at radius 1 is 1.04 bits per heavy atom. The molecule has 2 unspecified atom stereocenters. The first-order valence-electron chi connectivity index (χ1n) is 8.41. The highest BCUT2D eigenvalue weighted by atomic mass is 19.1. The van der Waals surface area contributed by atoms with Gasteiger partial charge in [-0.15, -0.1) is 0 Å². The van der Waals surface area contributed by atoms with Crippen LogP contribution >= 0.6 is 0 Å². The highest BCUT2D eigenvalue weighted by Crippen LogP contribution is 2.39. The summed E-state index contributed by atoms with van der Waals surface area (Å²) < 4.78 is 14.6. The number of hydrogen-bond acceptors (Lipinski definition) is 6. The van der Waals surface area contributed by atoms with Gasteiger partial charge in [0.25, 0.3) is 0 Å². The number of rotatable bonds is 3. The molecule has 126 valence electrons. The van der Waals surface area contributed by atoms with Gasteiger partial charge in [-0.3, -0.25) is 0 Å². The van der Waals surface area contributed by atoms with Crippen molar-refractivity contribution >= 4 is 11.6 Å². The summed E-state index contributed by atoms with van der Waals surface area (Å²) >= 11 is 0. The molecule has 0 spiro atoms. The quantitative estimate of drug-likeness (QED) is 0.859. The standard InChI is InChI=1S/C17H21FN6/c1-4-14-15(18)17(22-9-20-14)24-12-5-13(24)7-23(6-12)16-10(2)11(3)19-8-21-16/h8-9,12-13H,4-7H2,1-3H3. The molecule has 5 heterocycles. The third-order valence-electron chi connectivity index (χ3n) is 5.22. The van der Waals surface area contributed by atoms with Crippen molar-refractivity contribution in [1.29, 1.82) is 0 Å². The van der Waals surface area contributed by atoms with Gasteiger partial charge in [0.1, 0.15) is 18.5 Å². The predicted octanol–water partition coefficient (Wildman–Crippen LogP) is 2.05. The molecule has 6 nitrogen and oxygen atoms in total. The summed E-state index contributed by atoms with van der Waals surface area (Å²) in [5.41, 5.74) is 2.61. The molecule has 0 saturated carbocycles. The van der Waals surface area contributed by atoms with Gasteiger partial charge in [-0.1, -0.05) is 6.92 Å². The molecule has 2 aromatic rings. The second-order valence-electron chi connectivity index (χ2n) is 6.57. The Kier molecular flexibility index (Phi) is 3.58. The van der Waals surface area contributed by atoms with Gasteiger partial charge in [-0.2, -0.15) is 0 Å². The molecule has 0 radical (unpaired) electrons. The molecule has 3 saturated heterocycles. The van der Waals surface area contributed by atoms with Crippen LogP contribution in [0.15, 0.2) is 12.7 Å². The summed E-state index contributed by atoms with van der Waals surface area (Å²) in [6.45, 7) is 7.63. The lowest BCUT2D eigenvalue weighted by Crippen LogP contribution is -2.69. The van der Waals surface area contributed by atoms with Crippen molar-refractivity contribution in [2.75, 3.05) is 22.9 Å². The Morgan fingerprint density at radius 2 is 1.71 bits per heavy atom. The summed E-state index contributed by atoms with van der Waals surface area (Å²) in [6.07, 6.45) is 4.74. The van der Waals surface area contributed by atoms with Crippen LogP contribution in [0.3, 0.4) is 0 Å². The van der Waals surface area contributed by atoms with E-state index in [1.54, 1.807) is 6.33 Å². The van der Waals surface area contributed by atoms with Crippen LogP contribution < -0.4 is 9.80 Å². The highest BCUT2D eigenvalue weighted by Gasteiger charge is 2.47. The Labute approximate surface area is 140 Å². The van der Waals surface area contributed by atoms with Gasteiger partial charge < -0.3 is 9.80 Å². The van der Waals surface area contributed by atoms with E-state index in [-0.39, 0.29) is 17.9 Å². The monoisotopic (exact) mass is 328 g/mol. The maximum absolute atomic E-state index is 14.6. The van der Waals surface area contributed by atoms with E-state index < -0.39 is 0 Å². The van der Waals surface area contributed by atoms with Crippen LogP contribution in [0.25, 0.3) is 0 Å². The van der Waals surface area contributed by atoms with Crippen LogP contribution in [-0.2, 0) is 6.42 Å². The van der Waals surface area contributed by atoms with Gasteiger partial charge in [0.15, 0.2) is 11.6 Å². The Balaban J connectivity index is 1.58. The highest BCUT2D eigenvalue weighted by molar-refractivity contribution is 5.55. The van der Waals surface area contributed by atoms with Gasteiger partial charge in [-0.25, -0.2) is 24.3 Å². The molecular formula is C17H21FN6. The summed E-state index contributed by atoms with van der Waals surface area (Å²) in [5, 5.41) is 0. The zero-order valence-electron chi connectivity index (χ0n) is 14.2. The van der Waals surface area contributed by atoms with E-state index in [9.17, 15) is 4.39 Å². The summed E-state index contributed by atoms with van der Waals surface area (Å²) in [4.78, 5) is 21.4. The first kappa shape index (κ1) is 15.2. The van der Waals surface area contributed by atoms with Gasteiger partial charge in [0, 0.05) is 24.3 Å². The van der Waals surface area contributed by atoms with E-state index in [2.05, 4.69) is 36.7 Å². The first-order valence-corrected chi connectivity index (χ1v) is 8.41. The normalized spacial score (nSPS) is 22.5. The number of piperidine rings is 1. The topological polar surface area (TPSA) is 58.0 Å². The minimum atomic E-state index is -0.266. The number of piperazine rings is 1. The van der Waals surface area contributed by atoms with E-state index in [0.29, 0.717) is 17.9 Å². The van der Waals surface area contributed by atoms with Crippen molar-refractivity contribution in [2.45, 2.75) is 45.7 Å². The molecule has 0 aromatic carbocycles. The van der Waals surface area contributed by atoms with Gasteiger partial charge >= 0.3 is 0 Å². The molecule has 2 aromatic heterocycles. The lowest BCUT2D eigenvalue weighted by molar-refractivity contribution is 0.283. The average molecular weight is 328 g/mol. The molecule has 0 N–H and O–H groups in total. The van der Waals surface area contributed by atoms with Crippen molar-refractivity contribution in [3.63, 3.8) is 0 Å². The fourth-order valence-corrected chi connectivity index (χ4v) is 3.80. The van der Waals surface area contributed by atoms with Gasteiger partial charge in [0.05, 0.1) is 17.8 Å². The third kappa shape index (κ3) is 2.22. The molecule has 24 heavy (non-hydrogen) atoms. The molecule has 0 aliphatic carbocycles. The number of aromatic nitrogens is 4. The number of nitrogens with zero attached hydrogens (tertiary/aromatic N) is 6. The summed E-state index contributed by atoms with van der Waals surface area (Å²) in [5.74, 6) is 1.19. The zero-order chi connectivity index (χ0) is 16.8. The molecule has 2 atom stereocenters.